The normalized spacial score (nSPS) is 10.2. The first-order valence-corrected chi connectivity index (χ1v) is 5.49. The number of hydrogen-bond donors (Lipinski definition) is 3. The van der Waals surface area contributed by atoms with Crippen LogP contribution in [0, 0.1) is 0 Å². The van der Waals surface area contributed by atoms with E-state index in [9.17, 15) is 9.59 Å². The second-order valence-corrected chi connectivity index (χ2v) is 3.89. The zero-order valence-corrected chi connectivity index (χ0v) is 10.3. The summed E-state index contributed by atoms with van der Waals surface area (Å²) >= 11 is 0. The summed E-state index contributed by atoms with van der Waals surface area (Å²) in [5, 5.41) is 6.52. The summed E-state index contributed by atoms with van der Waals surface area (Å²) in [6.45, 7) is 0. The van der Waals surface area contributed by atoms with E-state index in [-0.39, 0.29) is 11.5 Å². The van der Waals surface area contributed by atoms with Gasteiger partial charge in [0.25, 0.3) is 11.8 Å². The van der Waals surface area contributed by atoms with E-state index in [0.717, 1.165) is 0 Å². The summed E-state index contributed by atoms with van der Waals surface area (Å²) in [5.41, 5.74) is 12.7. The number of nitrogen functional groups attached to an aromatic ring is 1. The molecule has 0 fully saturated rings. The third-order valence-corrected chi connectivity index (χ3v) is 2.63. The highest BCUT2D eigenvalue weighted by Crippen LogP contribution is 2.19. The minimum atomic E-state index is -0.577. The van der Waals surface area contributed by atoms with Crippen molar-refractivity contribution in [2.24, 2.45) is 5.73 Å². The molecule has 0 spiro atoms. The van der Waals surface area contributed by atoms with Crippen molar-refractivity contribution in [3.05, 3.63) is 41.7 Å². The zero-order chi connectivity index (χ0) is 14.0. The van der Waals surface area contributed by atoms with Gasteiger partial charge in [-0.25, -0.2) is 4.68 Å². The maximum atomic E-state index is 11.6. The fraction of sp³-hybridized carbons (Fsp3) is 0.0833. The van der Waals surface area contributed by atoms with E-state index < -0.39 is 5.91 Å². The van der Waals surface area contributed by atoms with E-state index in [2.05, 4.69) is 10.4 Å². The highest BCUT2D eigenvalue weighted by molar-refractivity contribution is 5.95. The van der Waals surface area contributed by atoms with Crippen LogP contribution in [0.25, 0.3) is 5.69 Å². The quantitative estimate of drug-likeness (QED) is 0.668. The molecule has 7 heteroatoms. The number of amides is 2. The summed E-state index contributed by atoms with van der Waals surface area (Å²) in [7, 11) is 1.54. The van der Waals surface area contributed by atoms with Crippen molar-refractivity contribution in [3.63, 3.8) is 0 Å². The predicted molar refractivity (Wildman–Crippen MR) is 69.9 cm³/mol. The molecule has 1 aromatic carbocycles. The molecule has 1 heterocycles. The molecule has 0 atom stereocenters. The fourth-order valence-corrected chi connectivity index (χ4v) is 1.61. The van der Waals surface area contributed by atoms with Gasteiger partial charge in [-0.05, 0) is 18.2 Å². The Kier molecular flexibility index (Phi) is 3.19. The maximum Gasteiger partial charge on any atom is 0.251 e. The molecular formula is C12H13N5O2. The number of carbonyl (C=O) groups excluding carboxylic acids is 2. The third kappa shape index (κ3) is 2.39. The number of nitrogens with two attached hydrogens (primary N) is 2. The molecule has 0 aliphatic carbocycles. The lowest BCUT2D eigenvalue weighted by atomic mass is 10.1. The van der Waals surface area contributed by atoms with Crippen LogP contribution in [0.5, 0.6) is 0 Å². The van der Waals surface area contributed by atoms with Crippen molar-refractivity contribution < 1.29 is 9.59 Å². The molecule has 0 bridgehead atoms. The van der Waals surface area contributed by atoms with Crippen LogP contribution in [0.1, 0.15) is 20.7 Å². The van der Waals surface area contributed by atoms with E-state index in [1.807, 2.05) is 0 Å². The average molecular weight is 259 g/mol. The van der Waals surface area contributed by atoms with Gasteiger partial charge in [0.2, 0.25) is 0 Å². The third-order valence-electron chi connectivity index (χ3n) is 2.63. The van der Waals surface area contributed by atoms with Gasteiger partial charge in [-0.1, -0.05) is 0 Å². The Bertz CT molecular complexity index is 647. The van der Waals surface area contributed by atoms with Crippen LogP contribution in [0.4, 0.5) is 5.69 Å². The van der Waals surface area contributed by atoms with Gasteiger partial charge in [0.1, 0.15) is 0 Å². The lowest BCUT2D eigenvalue weighted by molar-refractivity contribution is 0.0961. The molecule has 2 amide bonds. The van der Waals surface area contributed by atoms with Crippen molar-refractivity contribution >= 4 is 17.5 Å². The molecule has 0 saturated carbocycles. The van der Waals surface area contributed by atoms with Crippen LogP contribution in [-0.2, 0) is 0 Å². The number of anilines is 1. The first-order valence-electron chi connectivity index (χ1n) is 5.49. The van der Waals surface area contributed by atoms with Gasteiger partial charge in [0.05, 0.1) is 23.1 Å². The number of nitrogens with one attached hydrogen (secondary N) is 1. The van der Waals surface area contributed by atoms with E-state index in [4.69, 9.17) is 11.5 Å². The maximum absolute atomic E-state index is 11.6. The standard InChI is InChI=1S/C12H13N5O2/c1-15-12(19)7-2-3-9(13)10(4-7)17-6-8(5-16-17)11(14)18/h2-6H,13H2,1H3,(H2,14,18)(H,15,19). The molecule has 0 unspecified atom stereocenters. The number of nitrogens with zero attached hydrogens (tertiary/aromatic N) is 2. The highest BCUT2D eigenvalue weighted by atomic mass is 16.1. The van der Waals surface area contributed by atoms with Gasteiger partial charge in [-0.3, -0.25) is 9.59 Å². The van der Waals surface area contributed by atoms with E-state index in [1.165, 1.54) is 24.1 Å². The van der Waals surface area contributed by atoms with Crippen LogP contribution in [-0.4, -0.2) is 28.6 Å². The molecule has 7 nitrogen and oxygen atoms in total. The summed E-state index contributed by atoms with van der Waals surface area (Å²) < 4.78 is 1.40. The van der Waals surface area contributed by atoms with Crippen LogP contribution < -0.4 is 16.8 Å². The van der Waals surface area contributed by atoms with E-state index in [0.29, 0.717) is 16.9 Å². The van der Waals surface area contributed by atoms with Gasteiger partial charge in [-0.15, -0.1) is 0 Å². The van der Waals surface area contributed by atoms with Crippen LogP contribution >= 0.6 is 0 Å². The monoisotopic (exact) mass is 259 g/mol. The van der Waals surface area contributed by atoms with Crippen molar-refractivity contribution in [3.8, 4) is 5.69 Å². The smallest absolute Gasteiger partial charge is 0.251 e. The Morgan fingerprint density at radius 1 is 1.32 bits per heavy atom. The molecular weight excluding hydrogens is 246 g/mol. The lowest BCUT2D eigenvalue weighted by Crippen LogP contribution is -2.18. The van der Waals surface area contributed by atoms with Gasteiger partial charge < -0.3 is 16.8 Å². The summed E-state index contributed by atoms with van der Waals surface area (Å²) in [6.07, 6.45) is 2.80. The first-order chi connectivity index (χ1) is 9.02. The van der Waals surface area contributed by atoms with Gasteiger partial charge in [0.15, 0.2) is 0 Å². The summed E-state index contributed by atoms with van der Waals surface area (Å²) in [4.78, 5) is 22.6. The predicted octanol–water partition coefficient (Wildman–Crippen LogP) is -0.0870. The van der Waals surface area contributed by atoms with E-state index >= 15 is 0 Å². The van der Waals surface area contributed by atoms with Gasteiger partial charge in [-0.2, -0.15) is 5.10 Å². The van der Waals surface area contributed by atoms with Crippen molar-refractivity contribution in [2.75, 3.05) is 12.8 Å². The summed E-state index contributed by atoms with van der Waals surface area (Å²) in [6, 6.07) is 4.80. The molecule has 2 rings (SSSR count). The van der Waals surface area contributed by atoms with E-state index in [1.54, 1.807) is 18.2 Å². The Morgan fingerprint density at radius 3 is 2.63 bits per heavy atom. The van der Waals surface area contributed by atoms with Crippen LogP contribution in [0.15, 0.2) is 30.6 Å². The Balaban J connectivity index is 2.48. The number of rotatable bonds is 3. The minimum absolute atomic E-state index is 0.233. The molecule has 0 radical (unpaired) electrons. The molecule has 0 aliphatic heterocycles. The summed E-state index contributed by atoms with van der Waals surface area (Å²) in [5.74, 6) is -0.809. The second-order valence-electron chi connectivity index (χ2n) is 3.89. The minimum Gasteiger partial charge on any atom is -0.397 e. The number of aromatic nitrogens is 2. The Morgan fingerprint density at radius 2 is 2.05 bits per heavy atom. The molecule has 19 heavy (non-hydrogen) atoms. The van der Waals surface area contributed by atoms with Crippen molar-refractivity contribution in [1.29, 1.82) is 0 Å². The first kappa shape index (κ1) is 12.6. The second kappa shape index (κ2) is 4.81. The molecule has 2 aromatic rings. The highest BCUT2D eigenvalue weighted by Gasteiger charge is 2.11. The number of benzene rings is 1. The van der Waals surface area contributed by atoms with Crippen molar-refractivity contribution in [1.82, 2.24) is 15.1 Å². The number of primary amides is 1. The Hall–Kier alpha value is -2.83. The topological polar surface area (TPSA) is 116 Å². The molecule has 5 N–H and O–H groups in total. The Labute approximate surface area is 109 Å². The zero-order valence-electron chi connectivity index (χ0n) is 10.3. The molecule has 0 aliphatic rings. The fourth-order valence-electron chi connectivity index (χ4n) is 1.61. The SMILES string of the molecule is CNC(=O)c1ccc(N)c(-n2cc(C(N)=O)cn2)c1. The molecule has 0 saturated heterocycles. The van der Waals surface area contributed by atoms with Gasteiger partial charge >= 0.3 is 0 Å². The molecule has 1 aromatic heterocycles. The largest absolute Gasteiger partial charge is 0.397 e. The van der Waals surface area contributed by atoms with Crippen LogP contribution in [0.2, 0.25) is 0 Å². The average Bonchev–Trinajstić information content (AvgIpc) is 2.88. The van der Waals surface area contributed by atoms with Crippen molar-refractivity contribution in [2.45, 2.75) is 0 Å². The lowest BCUT2D eigenvalue weighted by Gasteiger charge is -2.08. The number of carbonyl (C=O) groups is 2. The van der Waals surface area contributed by atoms with Gasteiger partial charge in [0, 0.05) is 18.8 Å². The number of hydrogen-bond acceptors (Lipinski definition) is 4. The van der Waals surface area contributed by atoms with Crippen LogP contribution in [0.3, 0.4) is 0 Å². The molecule has 98 valence electrons.